The van der Waals surface area contributed by atoms with Crippen molar-refractivity contribution in [2.75, 3.05) is 11.9 Å². The number of carboxylic acid groups (broad SMARTS) is 1. The van der Waals surface area contributed by atoms with Gasteiger partial charge >= 0.3 is 12.1 Å². The number of anilines is 1. The van der Waals surface area contributed by atoms with Gasteiger partial charge in [0.1, 0.15) is 12.6 Å². The van der Waals surface area contributed by atoms with E-state index >= 15 is 0 Å². The molecule has 1 aliphatic rings. The lowest BCUT2D eigenvalue weighted by atomic mass is 9.98. The van der Waals surface area contributed by atoms with Crippen molar-refractivity contribution in [2.24, 2.45) is 0 Å². The van der Waals surface area contributed by atoms with Crippen LogP contribution in [0, 0.1) is 0 Å². The SMILES string of the molecule is O=C(O)CCC(NC(=O)OCC1c2ccccc2-c2ccccc21)C(=O)Nc1cc(Cl)ccc1Cl. The standard InChI is InChI=1S/C26H22Cl2N2O5/c27-15-9-10-21(28)23(13-15)29-25(33)22(11-12-24(31)32)30-26(34)35-14-20-18-7-3-1-5-16(18)17-6-2-4-8-19(17)20/h1-10,13,20,22H,11-12,14H2,(H,29,33)(H,30,34)(H,31,32). The molecular weight excluding hydrogens is 491 g/mol. The van der Waals surface area contributed by atoms with Crippen molar-refractivity contribution in [1.29, 1.82) is 0 Å². The van der Waals surface area contributed by atoms with Gasteiger partial charge in [0.25, 0.3) is 0 Å². The van der Waals surface area contributed by atoms with E-state index < -0.39 is 24.0 Å². The Morgan fingerprint density at radius 1 is 0.943 bits per heavy atom. The van der Waals surface area contributed by atoms with Gasteiger partial charge in [-0.1, -0.05) is 71.7 Å². The number of fused-ring (bicyclic) bond motifs is 3. The molecule has 0 saturated carbocycles. The van der Waals surface area contributed by atoms with Gasteiger partial charge in [0, 0.05) is 17.4 Å². The molecule has 0 aliphatic heterocycles. The molecule has 0 aromatic heterocycles. The van der Waals surface area contributed by atoms with Crippen LogP contribution in [-0.2, 0) is 14.3 Å². The van der Waals surface area contributed by atoms with Crippen LogP contribution in [0.25, 0.3) is 11.1 Å². The largest absolute Gasteiger partial charge is 0.481 e. The molecule has 0 spiro atoms. The van der Waals surface area contributed by atoms with E-state index in [-0.39, 0.29) is 36.1 Å². The number of nitrogens with one attached hydrogen (secondary N) is 2. The molecule has 4 rings (SSSR count). The lowest BCUT2D eigenvalue weighted by Gasteiger charge is -2.20. The quantitative estimate of drug-likeness (QED) is 0.358. The molecule has 1 atom stereocenters. The Morgan fingerprint density at radius 2 is 1.57 bits per heavy atom. The monoisotopic (exact) mass is 512 g/mol. The first-order chi connectivity index (χ1) is 16.8. The molecule has 3 N–H and O–H groups in total. The first-order valence-corrected chi connectivity index (χ1v) is 11.7. The van der Waals surface area contributed by atoms with E-state index in [4.69, 9.17) is 33.0 Å². The van der Waals surface area contributed by atoms with Crippen LogP contribution in [0.4, 0.5) is 10.5 Å². The van der Waals surface area contributed by atoms with Crippen LogP contribution in [0.5, 0.6) is 0 Å². The number of alkyl carbamates (subject to hydrolysis) is 1. The molecule has 1 aliphatic carbocycles. The maximum atomic E-state index is 12.8. The third-order valence-corrected chi connectivity index (χ3v) is 6.35. The number of halogens is 2. The fraction of sp³-hybridized carbons (Fsp3) is 0.192. The summed E-state index contributed by atoms with van der Waals surface area (Å²) >= 11 is 12.1. The number of carbonyl (C=O) groups is 3. The molecule has 3 aromatic carbocycles. The second kappa shape index (κ2) is 10.8. The van der Waals surface area contributed by atoms with Crippen LogP contribution in [-0.4, -0.2) is 35.7 Å². The van der Waals surface area contributed by atoms with Gasteiger partial charge in [-0.2, -0.15) is 0 Å². The Labute approximate surface area is 212 Å². The third kappa shape index (κ3) is 5.75. The minimum atomic E-state index is -1.16. The van der Waals surface area contributed by atoms with Crippen molar-refractivity contribution in [3.05, 3.63) is 87.9 Å². The van der Waals surface area contributed by atoms with Crippen LogP contribution < -0.4 is 10.6 Å². The van der Waals surface area contributed by atoms with E-state index in [1.165, 1.54) is 12.1 Å². The highest BCUT2D eigenvalue weighted by atomic mass is 35.5. The number of carboxylic acids is 1. The molecule has 0 radical (unpaired) electrons. The van der Waals surface area contributed by atoms with Crippen molar-refractivity contribution < 1.29 is 24.2 Å². The second-order valence-electron chi connectivity index (χ2n) is 8.07. The maximum Gasteiger partial charge on any atom is 0.407 e. The predicted octanol–water partition coefficient (Wildman–Crippen LogP) is 5.70. The summed E-state index contributed by atoms with van der Waals surface area (Å²) in [5, 5.41) is 14.7. The minimum absolute atomic E-state index is 0.0627. The van der Waals surface area contributed by atoms with Crippen LogP contribution in [0.1, 0.15) is 29.9 Å². The summed E-state index contributed by atoms with van der Waals surface area (Å²) < 4.78 is 5.50. The Hall–Kier alpha value is -3.55. The summed E-state index contributed by atoms with van der Waals surface area (Å²) in [5.74, 6) is -1.88. The number of ether oxygens (including phenoxy) is 1. The molecular formula is C26H22Cl2N2O5. The zero-order valence-electron chi connectivity index (χ0n) is 18.5. The third-order valence-electron chi connectivity index (χ3n) is 5.79. The van der Waals surface area contributed by atoms with Crippen molar-refractivity contribution in [1.82, 2.24) is 5.32 Å². The van der Waals surface area contributed by atoms with Gasteiger partial charge in [-0.25, -0.2) is 4.79 Å². The smallest absolute Gasteiger partial charge is 0.407 e. The molecule has 2 amide bonds. The number of aliphatic carboxylic acids is 1. The number of hydrogen-bond donors (Lipinski definition) is 3. The average Bonchev–Trinajstić information content (AvgIpc) is 3.16. The van der Waals surface area contributed by atoms with Gasteiger partial charge in [-0.3, -0.25) is 9.59 Å². The fourth-order valence-corrected chi connectivity index (χ4v) is 4.47. The van der Waals surface area contributed by atoms with E-state index in [2.05, 4.69) is 10.6 Å². The second-order valence-corrected chi connectivity index (χ2v) is 8.91. The number of amides is 2. The molecule has 3 aromatic rings. The Balaban J connectivity index is 1.44. The lowest BCUT2D eigenvalue weighted by Crippen LogP contribution is -2.44. The number of rotatable bonds is 8. The molecule has 0 bridgehead atoms. The van der Waals surface area contributed by atoms with Crippen molar-refractivity contribution >= 4 is 46.9 Å². The molecule has 0 fully saturated rings. The average molecular weight is 513 g/mol. The molecule has 7 nitrogen and oxygen atoms in total. The summed E-state index contributed by atoms with van der Waals surface area (Å²) in [7, 11) is 0. The topological polar surface area (TPSA) is 105 Å². The Morgan fingerprint density at radius 3 is 2.20 bits per heavy atom. The van der Waals surface area contributed by atoms with Crippen LogP contribution in [0.15, 0.2) is 66.7 Å². The van der Waals surface area contributed by atoms with Crippen molar-refractivity contribution in [3.8, 4) is 11.1 Å². The highest BCUT2D eigenvalue weighted by Gasteiger charge is 2.30. The van der Waals surface area contributed by atoms with Gasteiger partial charge in [0.15, 0.2) is 0 Å². The van der Waals surface area contributed by atoms with Gasteiger partial charge in [0.05, 0.1) is 10.7 Å². The highest BCUT2D eigenvalue weighted by molar-refractivity contribution is 6.35. The highest BCUT2D eigenvalue weighted by Crippen LogP contribution is 2.44. The Bertz CT molecular complexity index is 1230. The van der Waals surface area contributed by atoms with E-state index in [9.17, 15) is 14.4 Å². The first kappa shape index (κ1) is 24.6. The molecule has 1 unspecified atom stereocenters. The van der Waals surface area contributed by atoms with E-state index in [0.717, 1.165) is 22.3 Å². The number of carbonyl (C=O) groups excluding carboxylic acids is 2. The number of benzene rings is 3. The van der Waals surface area contributed by atoms with E-state index in [0.29, 0.717) is 5.02 Å². The van der Waals surface area contributed by atoms with Gasteiger partial charge in [-0.05, 0) is 46.9 Å². The molecule has 9 heteroatoms. The summed E-state index contributed by atoms with van der Waals surface area (Å²) in [5.41, 5.74) is 4.54. The first-order valence-electron chi connectivity index (χ1n) is 10.9. The Kier molecular flexibility index (Phi) is 7.58. The number of hydrogen-bond acceptors (Lipinski definition) is 4. The minimum Gasteiger partial charge on any atom is -0.481 e. The van der Waals surface area contributed by atoms with Gasteiger partial charge in [0.2, 0.25) is 5.91 Å². The summed E-state index contributed by atoms with van der Waals surface area (Å²) in [6.07, 6.45) is -1.29. The zero-order valence-corrected chi connectivity index (χ0v) is 20.0. The van der Waals surface area contributed by atoms with E-state index in [1.807, 2.05) is 48.5 Å². The normalized spacial score (nSPS) is 12.9. The van der Waals surface area contributed by atoms with Crippen LogP contribution in [0.2, 0.25) is 10.0 Å². The summed E-state index contributed by atoms with van der Waals surface area (Å²) in [6, 6.07) is 19.2. The fourth-order valence-electron chi connectivity index (χ4n) is 4.13. The van der Waals surface area contributed by atoms with Crippen LogP contribution >= 0.6 is 23.2 Å². The predicted molar refractivity (Wildman–Crippen MR) is 134 cm³/mol. The molecule has 35 heavy (non-hydrogen) atoms. The summed E-state index contributed by atoms with van der Waals surface area (Å²) in [6.45, 7) is 0.0627. The molecule has 0 saturated heterocycles. The van der Waals surface area contributed by atoms with Gasteiger partial charge < -0.3 is 20.5 Å². The van der Waals surface area contributed by atoms with Crippen molar-refractivity contribution in [2.45, 2.75) is 24.8 Å². The van der Waals surface area contributed by atoms with Crippen LogP contribution in [0.3, 0.4) is 0 Å². The zero-order chi connectivity index (χ0) is 24.9. The van der Waals surface area contributed by atoms with E-state index in [1.54, 1.807) is 6.07 Å². The maximum absolute atomic E-state index is 12.8. The molecule has 180 valence electrons. The van der Waals surface area contributed by atoms with Gasteiger partial charge in [-0.15, -0.1) is 0 Å². The lowest BCUT2D eigenvalue weighted by molar-refractivity contribution is -0.137. The van der Waals surface area contributed by atoms with Crippen molar-refractivity contribution in [3.63, 3.8) is 0 Å². The summed E-state index contributed by atoms with van der Waals surface area (Å²) in [4.78, 5) is 36.6. The molecule has 0 heterocycles.